The molecule has 3 aromatic rings. The van der Waals surface area contributed by atoms with Crippen LogP contribution in [0.5, 0.6) is 0 Å². The van der Waals surface area contributed by atoms with Crippen LogP contribution in [0.3, 0.4) is 0 Å². The van der Waals surface area contributed by atoms with Gasteiger partial charge in [-0.1, -0.05) is 56.5 Å². The summed E-state index contributed by atoms with van der Waals surface area (Å²) in [4.78, 5) is 0. The molecule has 0 fully saturated rings. The quantitative estimate of drug-likeness (QED) is 0.211. The van der Waals surface area contributed by atoms with Gasteiger partial charge in [0.05, 0.1) is 17.3 Å². The van der Waals surface area contributed by atoms with E-state index in [1.54, 1.807) is 0 Å². The molecular formula is C24H30N3+. The van der Waals surface area contributed by atoms with Crippen molar-refractivity contribution in [2.24, 2.45) is 5.10 Å². The molecule has 0 spiro atoms. The van der Waals surface area contributed by atoms with Gasteiger partial charge < -0.3 is 0 Å². The number of fused-ring (bicyclic) bond motifs is 1. The predicted octanol–water partition coefficient (Wildman–Crippen LogP) is 5.57. The van der Waals surface area contributed by atoms with E-state index in [2.05, 4.69) is 65.3 Å². The van der Waals surface area contributed by atoms with Crippen molar-refractivity contribution in [3.05, 3.63) is 72.4 Å². The molecule has 3 nitrogen and oxygen atoms in total. The summed E-state index contributed by atoms with van der Waals surface area (Å²) in [6.45, 7) is 3.34. The van der Waals surface area contributed by atoms with Crippen LogP contribution in [0.2, 0.25) is 0 Å². The number of nitrogens with zero attached hydrogens (tertiary/aromatic N) is 3. The van der Waals surface area contributed by atoms with Crippen LogP contribution in [0.25, 0.3) is 10.9 Å². The number of rotatable bonds is 9. The molecule has 0 amide bonds. The van der Waals surface area contributed by atoms with Crippen LogP contribution in [-0.2, 0) is 6.54 Å². The van der Waals surface area contributed by atoms with Gasteiger partial charge in [0, 0.05) is 31.2 Å². The maximum absolute atomic E-state index is 4.64. The molecule has 0 aliphatic heterocycles. The third-order valence-corrected chi connectivity index (χ3v) is 4.96. The minimum Gasteiger partial charge on any atom is -0.269 e. The lowest BCUT2D eigenvalue weighted by atomic mass is 10.1. The van der Waals surface area contributed by atoms with Gasteiger partial charge in [-0.25, -0.2) is 0 Å². The van der Waals surface area contributed by atoms with Crippen LogP contribution < -0.4 is 9.58 Å². The van der Waals surface area contributed by atoms with E-state index in [0.717, 1.165) is 17.8 Å². The highest BCUT2D eigenvalue weighted by Gasteiger charge is 2.11. The first-order chi connectivity index (χ1) is 13.3. The SMILES string of the molecule is CCCCCCC[n+]1ccc(/C=N/N(C)c2ccccc2)c2ccccc21. The lowest BCUT2D eigenvalue weighted by Crippen LogP contribution is -2.34. The number of aromatic nitrogens is 1. The van der Waals surface area contributed by atoms with Crippen molar-refractivity contribution in [1.82, 2.24) is 0 Å². The van der Waals surface area contributed by atoms with E-state index in [0.29, 0.717) is 0 Å². The van der Waals surface area contributed by atoms with Gasteiger partial charge in [0.2, 0.25) is 5.52 Å². The minimum atomic E-state index is 1.07. The zero-order valence-corrected chi connectivity index (χ0v) is 16.5. The number of unbranched alkanes of at least 4 members (excludes halogenated alkanes) is 4. The highest BCUT2D eigenvalue weighted by molar-refractivity contribution is 5.97. The van der Waals surface area contributed by atoms with Crippen molar-refractivity contribution in [3.63, 3.8) is 0 Å². The summed E-state index contributed by atoms with van der Waals surface area (Å²) in [5.74, 6) is 0. The van der Waals surface area contributed by atoms with Gasteiger partial charge in [-0.3, -0.25) is 5.01 Å². The summed E-state index contributed by atoms with van der Waals surface area (Å²) in [7, 11) is 1.98. The Kier molecular flexibility index (Phi) is 6.97. The molecule has 3 heteroatoms. The van der Waals surface area contributed by atoms with E-state index in [1.165, 1.54) is 43.0 Å². The van der Waals surface area contributed by atoms with Gasteiger partial charge >= 0.3 is 0 Å². The number of hydrazone groups is 1. The summed E-state index contributed by atoms with van der Waals surface area (Å²) in [6, 6.07) is 21.0. The average molecular weight is 361 g/mol. The van der Waals surface area contributed by atoms with Crippen LogP contribution in [0.15, 0.2) is 72.0 Å². The first-order valence-corrected chi connectivity index (χ1v) is 10.0. The summed E-state index contributed by atoms with van der Waals surface area (Å²) in [6.07, 6.45) is 10.7. The van der Waals surface area contributed by atoms with Crippen LogP contribution in [0, 0.1) is 0 Å². The molecule has 140 valence electrons. The topological polar surface area (TPSA) is 19.5 Å². The zero-order valence-electron chi connectivity index (χ0n) is 16.5. The smallest absolute Gasteiger partial charge is 0.213 e. The standard InChI is InChI=1S/C24H30N3/c1-3-4-5-6-12-18-27-19-17-21(23-15-10-11-16-24(23)27)20-25-26(2)22-13-8-7-9-14-22/h7-11,13-17,19-20H,3-6,12,18H2,1-2H3/q+1. The lowest BCUT2D eigenvalue weighted by molar-refractivity contribution is -0.671. The first-order valence-electron chi connectivity index (χ1n) is 10.0. The summed E-state index contributed by atoms with van der Waals surface area (Å²) in [5, 5.41) is 7.79. The van der Waals surface area contributed by atoms with Gasteiger partial charge in [0.15, 0.2) is 6.20 Å². The third-order valence-electron chi connectivity index (χ3n) is 4.96. The molecule has 1 heterocycles. The van der Waals surface area contributed by atoms with E-state index < -0.39 is 0 Å². The van der Waals surface area contributed by atoms with Gasteiger partial charge in [-0.15, -0.1) is 0 Å². The van der Waals surface area contributed by atoms with Crippen LogP contribution in [0.1, 0.15) is 44.6 Å². The number of hydrogen-bond acceptors (Lipinski definition) is 2. The highest BCUT2D eigenvalue weighted by Crippen LogP contribution is 2.16. The molecule has 2 aromatic carbocycles. The van der Waals surface area contributed by atoms with Crippen molar-refractivity contribution in [1.29, 1.82) is 0 Å². The molecule has 0 aliphatic carbocycles. The summed E-state index contributed by atoms with van der Waals surface area (Å²) in [5.41, 5.74) is 3.51. The van der Waals surface area contributed by atoms with Crippen molar-refractivity contribution in [2.45, 2.75) is 45.6 Å². The maximum atomic E-state index is 4.64. The molecule has 27 heavy (non-hydrogen) atoms. The first kappa shape index (κ1) is 19.1. The Bertz CT molecular complexity index is 871. The van der Waals surface area contributed by atoms with Gasteiger partial charge in [-0.05, 0) is 24.6 Å². The van der Waals surface area contributed by atoms with Crippen LogP contribution in [0.4, 0.5) is 5.69 Å². The number of anilines is 1. The molecule has 0 aliphatic rings. The van der Waals surface area contributed by atoms with E-state index >= 15 is 0 Å². The van der Waals surface area contributed by atoms with Crippen molar-refractivity contribution in [3.8, 4) is 0 Å². The van der Waals surface area contributed by atoms with E-state index in [4.69, 9.17) is 0 Å². The molecule has 0 saturated heterocycles. The Morgan fingerprint density at radius 3 is 2.44 bits per heavy atom. The molecule has 0 N–H and O–H groups in total. The van der Waals surface area contributed by atoms with Gasteiger partial charge in [0.25, 0.3) is 0 Å². The largest absolute Gasteiger partial charge is 0.269 e. The Balaban J connectivity index is 1.77. The molecule has 1 aromatic heterocycles. The second kappa shape index (κ2) is 9.86. The number of pyridine rings is 1. The van der Waals surface area contributed by atoms with Crippen molar-refractivity contribution >= 4 is 22.8 Å². The van der Waals surface area contributed by atoms with Crippen molar-refractivity contribution in [2.75, 3.05) is 12.1 Å². The average Bonchev–Trinajstić information content (AvgIpc) is 2.73. The zero-order chi connectivity index (χ0) is 18.9. The lowest BCUT2D eigenvalue weighted by Gasteiger charge is -2.12. The Labute approximate surface area is 163 Å². The van der Waals surface area contributed by atoms with Crippen molar-refractivity contribution < 1.29 is 4.57 Å². The molecule has 0 radical (unpaired) electrons. The Morgan fingerprint density at radius 1 is 0.889 bits per heavy atom. The van der Waals surface area contributed by atoms with E-state index in [-0.39, 0.29) is 0 Å². The molecule has 0 saturated carbocycles. The molecular weight excluding hydrogens is 330 g/mol. The minimum absolute atomic E-state index is 1.07. The number of benzene rings is 2. The Morgan fingerprint density at radius 2 is 1.63 bits per heavy atom. The number of hydrogen-bond donors (Lipinski definition) is 0. The summed E-state index contributed by atoms with van der Waals surface area (Å²) < 4.78 is 2.37. The second-order valence-electron chi connectivity index (χ2n) is 7.00. The number of aryl methyl sites for hydroxylation is 1. The van der Waals surface area contributed by atoms with E-state index in [9.17, 15) is 0 Å². The fraction of sp³-hybridized carbons (Fsp3) is 0.333. The monoisotopic (exact) mass is 360 g/mol. The van der Waals surface area contributed by atoms with Gasteiger partial charge in [-0.2, -0.15) is 9.67 Å². The highest BCUT2D eigenvalue weighted by atomic mass is 15.4. The maximum Gasteiger partial charge on any atom is 0.213 e. The van der Waals surface area contributed by atoms with Gasteiger partial charge in [0.1, 0.15) is 6.54 Å². The fourth-order valence-electron chi connectivity index (χ4n) is 3.36. The molecule has 0 bridgehead atoms. The fourth-order valence-corrected chi connectivity index (χ4v) is 3.36. The predicted molar refractivity (Wildman–Crippen MR) is 115 cm³/mol. The summed E-state index contributed by atoms with van der Waals surface area (Å²) >= 11 is 0. The molecule has 3 rings (SSSR count). The molecule has 0 atom stereocenters. The number of para-hydroxylation sites is 2. The van der Waals surface area contributed by atoms with Crippen LogP contribution >= 0.6 is 0 Å². The van der Waals surface area contributed by atoms with Crippen LogP contribution in [-0.4, -0.2) is 13.3 Å². The van der Waals surface area contributed by atoms with E-state index in [1.807, 2.05) is 36.5 Å². The Hall–Kier alpha value is -2.68. The third kappa shape index (κ3) is 5.16. The second-order valence-corrected chi connectivity index (χ2v) is 7.00. The normalized spacial score (nSPS) is 11.3. The molecule has 0 unspecified atom stereocenters.